The first-order valence-electron chi connectivity index (χ1n) is 5.20. The first-order valence-corrected chi connectivity index (χ1v) is 5.58. The molecule has 86 valence electrons. The summed E-state index contributed by atoms with van der Waals surface area (Å²) in [7, 11) is 1.63. The number of anilines is 1. The molecule has 0 fully saturated rings. The third kappa shape index (κ3) is 3.36. The lowest BCUT2D eigenvalue weighted by Crippen LogP contribution is -2.03. The fourth-order valence-electron chi connectivity index (χ4n) is 1.38. The van der Waals surface area contributed by atoms with Crippen molar-refractivity contribution in [2.75, 3.05) is 19.0 Å². The SMILES string of the molecule is C#CCCCNc1cc(C)c(Cl)cc1OC. The fraction of sp³-hybridized carbons (Fsp3) is 0.385. The summed E-state index contributed by atoms with van der Waals surface area (Å²) in [5, 5.41) is 4.00. The number of methoxy groups -OCH3 is 1. The lowest BCUT2D eigenvalue weighted by atomic mass is 10.2. The molecule has 16 heavy (non-hydrogen) atoms. The van der Waals surface area contributed by atoms with Crippen molar-refractivity contribution < 1.29 is 4.74 Å². The van der Waals surface area contributed by atoms with E-state index in [1.165, 1.54) is 0 Å². The Morgan fingerprint density at radius 1 is 1.50 bits per heavy atom. The first-order chi connectivity index (χ1) is 7.69. The summed E-state index contributed by atoms with van der Waals surface area (Å²) in [5.41, 5.74) is 1.99. The Morgan fingerprint density at radius 3 is 2.88 bits per heavy atom. The van der Waals surface area contributed by atoms with Gasteiger partial charge in [0, 0.05) is 24.1 Å². The third-order valence-corrected chi connectivity index (χ3v) is 2.70. The molecule has 0 heterocycles. The lowest BCUT2D eigenvalue weighted by Gasteiger charge is -2.12. The zero-order chi connectivity index (χ0) is 12.0. The molecule has 0 spiro atoms. The van der Waals surface area contributed by atoms with E-state index in [9.17, 15) is 0 Å². The zero-order valence-electron chi connectivity index (χ0n) is 9.64. The van der Waals surface area contributed by atoms with E-state index in [4.69, 9.17) is 22.8 Å². The number of nitrogens with one attached hydrogen (secondary N) is 1. The number of ether oxygens (including phenoxy) is 1. The minimum absolute atomic E-state index is 0.714. The molecule has 0 aliphatic heterocycles. The molecule has 1 aromatic rings. The molecule has 0 saturated carbocycles. The van der Waals surface area contributed by atoms with E-state index in [2.05, 4.69) is 11.2 Å². The van der Waals surface area contributed by atoms with Crippen LogP contribution in [0, 0.1) is 19.3 Å². The number of hydrogen-bond acceptors (Lipinski definition) is 2. The van der Waals surface area contributed by atoms with Gasteiger partial charge in [-0.2, -0.15) is 0 Å². The summed E-state index contributed by atoms with van der Waals surface area (Å²) in [6.45, 7) is 2.80. The molecule has 1 N–H and O–H groups in total. The molecule has 3 heteroatoms. The van der Waals surface area contributed by atoms with Crippen molar-refractivity contribution in [3.63, 3.8) is 0 Å². The molecule has 0 radical (unpaired) electrons. The lowest BCUT2D eigenvalue weighted by molar-refractivity contribution is 0.416. The van der Waals surface area contributed by atoms with Gasteiger partial charge in [0.2, 0.25) is 0 Å². The number of hydrogen-bond donors (Lipinski definition) is 1. The molecule has 0 unspecified atom stereocenters. The molecule has 0 bridgehead atoms. The van der Waals surface area contributed by atoms with Gasteiger partial charge in [0.05, 0.1) is 12.8 Å². The molecule has 1 aromatic carbocycles. The summed E-state index contributed by atoms with van der Waals surface area (Å²) in [6, 6.07) is 3.80. The van der Waals surface area contributed by atoms with Crippen LogP contribution >= 0.6 is 11.6 Å². The number of unbranched alkanes of at least 4 members (excludes halogenated alkanes) is 1. The standard InChI is InChI=1S/C13H16ClNO/c1-4-5-6-7-15-12-8-10(2)11(14)9-13(12)16-3/h1,8-9,15H,5-7H2,2-3H3. The summed E-state index contributed by atoms with van der Waals surface area (Å²) >= 11 is 6.01. The molecule has 0 amide bonds. The summed E-state index contributed by atoms with van der Waals surface area (Å²) in [4.78, 5) is 0. The van der Waals surface area contributed by atoms with Crippen LogP contribution in [-0.4, -0.2) is 13.7 Å². The van der Waals surface area contributed by atoms with Crippen LogP contribution in [-0.2, 0) is 0 Å². The maximum Gasteiger partial charge on any atom is 0.143 e. The van der Waals surface area contributed by atoms with Gasteiger partial charge in [-0.15, -0.1) is 12.3 Å². The van der Waals surface area contributed by atoms with Crippen LogP contribution in [0.5, 0.6) is 5.75 Å². The van der Waals surface area contributed by atoms with Crippen LogP contribution < -0.4 is 10.1 Å². The number of rotatable bonds is 5. The predicted molar refractivity (Wildman–Crippen MR) is 69.3 cm³/mol. The molecule has 0 aliphatic carbocycles. The Kier molecular flexibility index (Phi) is 5.01. The Labute approximate surface area is 102 Å². The van der Waals surface area contributed by atoms with Crippen molar-refractivity contribution in [2.24, 2.45) is 0 Å². The van der Waals surface area contributed by atoms with E-state index < -0.39 is 0 Å². The first kappa shape index (κ1) is 12.7. The van der Waals surface area contributed by atoms with Crippen molar-refractivity contribution in [1.29, 1.82) is 0 Å². The molecular weight excluding hydrogens is 222 g/mol. The molecule has 2 nitrogen and oxygen atoms in total. The van der Waals surface area contributed by atoms with Gasteiger partial charge in [-0.1, -0.05) is 11.6 Å². The van der Waals surface area contributed by atoms with Gasteiger partial charge in [-0.3, -0.25) is 0 Å². The molecule has 0 saturated heterocycles. The highest BCUT2D eigenvalue weighted by molar-refractivity contribution is 6.31. The number of aryl methyl sites for hydroxylation is 1. The van der Waals surface area contributed by atoms with Crippen LogP contribution in [0.3, 0.4) is 0 Å². The smallest absolute Gasteiger partial charge is 0.143 e. The highest BCUT2D eigenvalue weighted by Gasteiger charge is 2.05. The second-order valence-electron chi connectivity index (χ2n) is 3.54. The van der Waals surface area contributed by atoms with Crippen LogP contribution in [0.25, 0.3) is 0 Å². The van der Waals surface area contributed by atoms with Crippen LogP contribution in [0.1, 0.15) is 18.4 Å². The van der Waals surface area contributed by atoms with Crippen molar-refractivity contribution in [3.8, 4) is 18.1 Å². The summed E-state index contributed by atoms with van der Waals surface area (Å²) in [5.74, 6) is 3.37. The second-order valence-corrected chi connectivity index (χ2v) is 3.94. The topological polar surface area (TPSA) is 21.3 Å². The quantitative estimate of drug-likeness (QED) is 0.625. The highest BCUT2D eigenvalue weighted by atomic mass is 35.5. The Balaban J connectivity index is 2.71. The normalized spacial score (nSPS) is 9.62. The highest BCUT2D eigenvalue weighted by Crippen LogP contribution is 2.30. The molecule has 1 rings (SSSR count). The maximum absolute atomic E-state index is 6.01. The molecule has 0 aliphatic rings. The Morgan fingerprint density at radius 2 is 2.25 bits per heavy atom. The van der Waals surface area contributed by atoms with Crippen molar-refractivity contribution >= 4 is 17.3 Å². The van der Waals surface area contributed by atoms with Gasteiger partial charge in [0.1, 0.15) is 5.75 Å². The Hall–Kier alpha value is -1.33. The number of benzene rings is 1. The molecular formula is C13H16ClNO. The number of terminal acetylenes is 1. The third-order valence-electron chi connectivity index (χ3n) is 2.29. The largest absolute Gasteiger partial charge is 0.495 e. The van der Waals surface area contributed by atoms with E-state index in [0.29, 0.717) is 5.02 Å². The van der Waals surface area contributed by atoms with Gasteiger partial charge in [-0.05, 0) is 25.0 Å². The van der Waals surface area contributed by atoms with Crippen LogP contribution in [0.15, 0.2) is 12.1 Å². The van der Waals surface area contributed by atoms with Gasteiger partial charge in [0.15, 0.2) is 0 Å². The zero-order valence-corrected chi connectivity index (χ0v) is 10.4. The van der Waals surface area contributed by atoms with Gasteiger partial charge in [0.25, 0.3) is 0 Å². The van der Waals surface area contributed by atoms with E-state index in [1.54, 1.807) is 7.11 Å². The second kappa shape index (κ2) is 6.30. The van der Waals surface area contributed by atoms with Gasteiger partial charge < -0.3 is 10.1 Å². The van der Waals surface area contributed by atoms with Gasteiger partial charge in [-0.25, -0.2) is 0 Å². The van der Waals surface area contributed by atoms with Crippen LogP contribution in [0.4, 0.5) is 5.69 Å². The van der Waals surface area contributed by atoms with Crippen LogP contribution in [0.2, 0.25) is 5.02 Å². The van der Waals surface area contributed by atoms with E-state index in [0.717, 1.165) is 36.4 Å². The average molecular weight is 238 g/mol. The average Bonchev–Trinajstić information content (AvgIpc) is 2.28. The minimum Gasteiger partial charge on any atom is -0.495 e. The monoisotopic (exact) mass is 237 g/mol. The van der Waals surface area contributed by atoms with E-state index in [1.807, 2.05) is 19.1 Å². The van der Waals surface area contributed by atoms with E-state index in [-0.39, 0.29) is 0 Å². The van der Waals surface area contributed by atoms with Gasteiger partial charge >= 0.3 is 0 Å². The minimum atomic E-state index is 0.714. The predicted octanol–water partition coefficient (Wildman–Crippen LogP) is 3.48. The molecule has 0 aromatic heterocycles. The summed E-state index contributed by atoms with van der Waals surface area (Å²) in [6.07, 6.45) is 6.91. The van der Waals surface area contributed by atoms with Crippen molar-refractivity contribution in [2.45, 2.75) is 19.8 Å². The Bertz CT molecular complexity index is 396. The fourth-order valence-corrected chi connectivity index (χ4v) is 1.54. The molecule has 0 atom stereocenters. The van der Waals surface area contributed by atoms with Crippen molar-refractivity contribution in [3.05, 3.63) is 22.7 Å². The number of halogens is 1. The maximum atomic E-state index is 6.01. The van der Waals surface area contributed by atoms with Crippen molar-refractivity contribution in [1.82, 2.24) is 0 Å². The summed E-state index contributed by atoms with van der Waals surface area (Å²) < 4.78 is 5.25. The van der Waals surface area contributed by atoms with E-state index >= 15 is 0 Å².